The highest BCUT2D eigenvalue weighted by atomic mass is 16.5. The van der Waals surface area contributed by atoms with E-state index in [0.717, 1.165) is 10.6 Å². The van der Waals surface area contributed by atoms with E-state index in [0.29, 0.717) is 6.42 Å². The van der Waals surface area contributed by atoms with Crippen LogP contribution in [0.15, 0.2) is 21.9 Å². The summed E-state index contributed by atoms with van der Waals surface area (Å²) in [5.74, 6) is 0. The smallest absolute Gasteiger partial charge is 0.330 e. The van der Waals surface area contributed by atoms with Gasteiger partial charge in [-0.3, -0.25) is 14.3 Å². The summed E-state index contributed by atoms with van der Waals surface area (Å²) in [7, 11) is 0. The van der Waals surface area contributed by atoms with Crippen molar-refractivity contribution in [2.75, 3.05) is 13.2 Å². The first-order valence-corrected chi connectivity index (χ1v) is 5.31. The van der Waals surface area contributed by atoms with Gasteiger partial charge in [0.1, 0.15) is 0 Å². The lowest BCUT2D eigenvalue weighted by molar-refractivity contribution is -0.0991. The van der Waals surface area contributed by atoms with E-state index >= 15 is 0 Å². The summed E-state index contributed by atoms with van der Waals surface area (Å²) in [6.45, 7) is 1.18. The highest BCUT2D eigenvalue weighted by molar-refractivity contribution is 4.84. The third kappa shape index (κ3) is 3.52. The van der Waals surface area contributed by atoms with Gasteiger partial charge in [0.25, 0.3) is 5.56 Å². The summed E-state index contributed by atoms with van der Waals surface area (Å²) < 4.78 is 6.41. The van der Waals surface area contributed by atoms with E-state index in [1.807, 2.05) is 6.92 Å². The molecule has 2 atom stereocenters. The van der Waals surface area contributed by atoms with E-state index < -0.39 is 30.2 Å². The van der Waals surface area contributed by atoms with Crippen LogP contribution in [0.5, 0.6) is 0 Å². The molecule has 0 fully saturated rings. The van der Waals surface area contributed by atoms with Crippen molar-refractivity contribution >= 4 is 0 Å². The summed E-state index contributed by atoms with van der Waals surface area (Å²) in [5, 5.41) is 18.1. The van der Waals surface area contributed by atoms with Crippen molar-refractivity contribution in [2.24, 2.45) is 0 Å². The number of H-pyrrole nitrogens is 1. The molecule has 7 nitrogen and oxygen atoms in total. The lowest BCUT2D eigenvalue weighted by atomic mass is 10.3. The van der Waals surface area contributed by atoms with Gasteiger partial charge in [0.2, 0.25) is 0 Å². The molecule has 0 aliphatic rings. The number of hydrogen-bond acceptors (Lipinski definition) is 5. The van der Waals surface area contributed by atoms with E-state index in [2.05, 4.69) is 4.98 Å². The Morgan fingerprint density at radius 1 is 1.41 bits per heavy atom. The molecule has 0 amide bonds. The van der Waals surface area contributed by atoms with Crippen LogP contribution >= 0.6 is 0 Å². The summed E-state index contributed by atoms with van der Waals surface area (Å²) in [4.78, 5) is 24.4. The van der Waals surface area contributed by atoms with Crippen LogP contribution in [0.25, 0.3) is 0 Å². The number of aromatic amines is 1. The van der Waals surface area contributed by atoms with E-state index in [1.54, 1.807) is 0 Å². The molecular formula is C10H16N2O5. The predicted octanol–water partition coefficient (Wildman–Crippen LogP) is -1.19. The molecule has 0 saturated carbocycles. The van der Waals surface area contributed by atoms with Crippen molar-refractivity contribution in [1.29, 1.82) is 0 Å². The van der Waals surface area contributed by atoms with Gasteiger partial charge in [-0.25, -0.2) is 4.79 Å². The van der Waals surface area contributed by atoms with Crippen molar-refractivity contribution < 1.29 is 14.9 Å². The molecule has 96 valence electrons. The zero-order valence-corrected chi connectivity index (χ0v) is 9.50. The normalized spacial score (nSPS) is 14.5. The first kappa shape index (κ1) is 13.6. The van der Waals surface area contributed by atoms with Crippen LogP contribution in [0, 0.1) is 0 Å². The van der Waals surface area contributed by atoms with Crippen LogP contribution in [0.3, 0.4) is 0 Å². The van der Waals surface area contributed by atoms with Crippen molar-refractivity contribution in [3.8, 4) is 0 Å². The maximum Gasteiger partial charge on any atom is 0.330 e. The third-order valence-corrected chi connectivity index (χ3v) is 2.33. The lowest BCUT2D eigenvalue weighted by Crippen LogP contribution is -2.36. The minimum absolute atomic E-state index is 0.203. The third-order valence-electron chi connectivity index (χ3n) is 2.33. The Balaban J connectivity index is 2.93. The molecule has 0 unspecified atom stereocenters. The monoisotopic (exact) mass is 244 g/mol. The van der Waals surface area contributed by atoms with Gasteiger partial charge >= 0.3 is 5.69 Å². The Morgan fingerprint density at radius 3 is 2.59 bits per heavy atom. The van der Waals surface area contributed by atoms with Gasteiger partial charge in [-0.05, 0) is 6.42 Å². The fourth-order valence-corrected chi connectivity index (χ4v) is 1.34. The molecule has 1 heterocycles. The van der Waals surface area contributed by atoms with Crippen LogP contribution in [-0.4, -0.2) is 39.1 Å². The maximum absolute atomic E-state index is 11.5. The van der Waals surface area contributed by atoms with Gasteiger partial charge in [0, 0.05) is 12.3 Å². The molecule has 17 heavy (non-hydrogen) atoms. The number of nitrogens with one attached hydrogen (secondary N) is 1. The fraction of sp³-hybridized carbons (Fsp3) is 0.600. The number of aliphatic hydroxyl groups is 2. The van der Waals surface area contributed by atoms with Crippen molar-refractivity contribution in [1.82, 2.24) is 9.55 Å². The minimum atomic E-state index is -0.920. The highest BCUT2D eigenvalue weighted by Crippen LogP contribution is 2.09. The molecule has 0 bridgehead atoms. The Hall–Kier alpha value is -1.44. The number of aromatic nitrogens is 2. The molecule has 0 aliphatic heterocycles. The number of aliphatic hydroxyl groups excluding tert-OH is 2. The molecule has 0 spiro atoms. The standard InChI is InChI=1S/C10H16N2O5/c1-2-7(5-13)17-9(6-14)12-4-3-8(15)11-10(12)16/h3-4,7,9,13-14H,2,5-6H2,1H3,(H,11,15,16)/t7-,9+/m0/s1. The van der Waals surface area contributed by atoms with Gasteiger partial charge in [0.15, 0.2) is 6.23 Å². The second-order valence-corrected chi connectivity index (χ2v) is 3.50. The van der Waals surface area contributed by atoms with E-state index in [-0.39, 0.29) is 6.61 Å². The Labute approximate surface area is 97.3 Å². The van der Waals surface area contributed by atoms with Gasteiger partial charge in [-0.15, -0.1) is 0 Å². The molecule has 0 saturated heterocycles. The van der Waals surface area contributed by atoms with Gasteiger partial charge in [0.05, 0.1) is 19.3 Å². The molecule has 3 N–H and O–H groups in total. The van der Waals surface area contributed by atoms with Crippen LogP contribution in [-0.2, 0) is 4.74 Å². The lowest BCUT2D eigenvalue weighted by Gasteiger charge is -2.22. The van der Waals surface area contributed by atoms with Crippen LogP contribution in [0.2, 0.25) is 0 Å². The van der Waals surface area contributed by atoms with E-state index in [4.69, 9.17) is 14.9 Å². The van der Waals surface area contributed by atoms with Crippen LogP contribution in [0.4, 0.5) is 0 Å². The highest BCUT2D eigenvalue weighted by Gasteiger charge is 2.16. The summed E-state index contributed by atoms with van der Waals surface area (Å²) in [6, 6.07) is 1.16. The molecular weight excluding hydrogens is 228 g/mol. The zero-order valence-electron chi connectivity index (χ0n) is 9.50. The number of ether oxygens (including phenoxy) is 1. The van der Waals surface area contributed by atoms with Gasteiger partial charge < -0.3 is 14.9 Å². The summed E-state index contributed by atoms with van der Waals surface area (Å²) >= 11 is 0. The number of nitrogens with zero attached hydrogens (tertiary/aromatic N) is 1. The maximum atomic E-state index is 11.5. The second-order valence-electron chi connectivity index (χ2n) is 3.50. The van der Waals surface area contributed by atoms with E-state index in [1.165, 1.54) is 6.20 Å². The Kier molecular flexibility index (Phi) is 5.08. The van der Waals surface area contributed by atoms with Crippen molar-refractivity contribution in [3.63, 3.8) is 0 Å². The van der Waals surface area contributed by atoms with Crippen LogP contribution < -0.4 is 11.2 Å². The molecule has 1 aromatic rings. The Bertz CT molecular complexity index is 448. The fourth-order valence-electron chi connectivity index (χ4n) is 1.34. The molecule has 1 rings (SSSR count). The number of rotatable bonds is 6. The molecule has 0 aliphatic carbocycles. The number of hydrogen-bond donors (Lipinski definition) is 3. The quantitative estimate of drug-likeness (QED) is 0.584. The largest absolute Gasteiger partial charge is 0.394 e. The molecule has 0 aromatic carbocycles. The van der Waals surface area contributed by atoms with Crippen molar-refractivity contribution in [2.45, 2.75) is 25.7 Å². The van der Waals surface area contributed by atoms with E-state index in [9.17, 15) is 9.59 Å². The second kappa shape index (κ2) is 6.33. The average Bonchev–Trinajstić information content (AvgIpc) is 2.32. The van der Waals surface area contributed by atoms with Gasteiger partial charge in [-0.2, -0.15) is 0 Å². The van der Waals surface area contributed by atoms with Crippen LogP contribution in [0.1, 0.15) is 19.6 Å². The minimum Gasteiger partial charge on any atom is -0.394 e. The first-order valence-electron chi connectivity index (χ1n) is 5.31. The summed E-state index contributed by atoms with van der Waals surface area (Å²) in [6.07, 6.45) is 0.402. The average molecular weight is 244 g/mol. The molecule has 7 heteroatoms. The molecule has 1 aromatic heterocycles. The SMILES string of the molecule is CC[C@@H](CO)O[C@H](CO)n1ccc(=O)[nH]c1=O. The first-order chi connectivity index (χ1) is 8.12. The summed E-state index contributed by atoms with van der Waals surface area (Å²) in [5.41, 5.74) is -1.18. The van der Waals surface area contributed by atoms with Gasteiger partial charge in [-0.1, -0.05) is 6.92 Å². The molecule has 0 radical (unpaired) electrons. The predicted molar refractivity (Wildman–Crippen MR) is 59.7 cm³/mol. The Morgan fingerprint density at radius 2 is 2.12 bits per heavy atom. The zero-order chi connectivity index (χ0) is 12.8. The van der Waals surface area contributed by atoms with Crippen molar-refractivity contribution in [3.05, 3.63) is 33.1 Å². The topological polar surface area (TPSA) is 105 Å².